The van der Waals surface area contributed by atoms with E-state index in [1.54, 1.807) is 11.8 Å². The molecule has 0 amide bonds. The minimum atomic E-state index is 0.774. The predicted molar refractivity (Wildman–Crippen MR) is 85.4 cm³/mol. The van der Waals surface area contributed by atoms with Crippen molar-refractivity contribution >= 4 is 34.9 Å². The first kappa shape index (κ1) is 13.7. The van der Waals surface area contributed by atoms with E-state index in [-0.39, 0.29) is 0 Å². The van der Waals surface area contributed by atoms with E-state index in [0.717, 1.165) is 23.9 Å². The summed E-state index contributed by atoms with van der Waals surface area (Å²) in [4.78, 5) is 11.4. The third-order valence-corrected chi connectivity index (χ3v) is 4.53. The van der Waals surface area contributed by atoms with Crippen molar-refractivity contribution in [3.05, 3.63) is 41.6 Å². The summed E-state index contributed by atoms with van der Waals surface area (Å²) in [5, 5.41) is 0.774. The molecule has 20 heavy (non-hydrogen) atoms. The molecular formula is C15H16ClN3S. The molecule has 0 saturated carbocycles. The van der Waals surface area contributed by atoms with Crippen molar-refractivity contribution in [2.75, 3.05) is 32.1 Å². The Labute approximate surface area is 128 Å². The lowest BCUT2D eigenvalue weighted by Gasteiger charge is -2.32. The second-order valence-corrected chi connectivity index (χ2v) is 6.51. The second kappa shape index (κ2) is 5.64. The molecule has 1 aromatic heterocycles. The number of rotatable bonds is 3. The number of nitrogens with zero attached hydrogens (tertiary/aromatic N) is 3. The van der Waals surface area contributed by atoms with Crippen molar-refractivity contribution in [3.8, 4) is 0 Å². The third kappa shape index (κ3) is 2.64. The highest BCUT2D eigenvalue weighted by atomic mass is 35.5. The molecule has 1 aliphatic heterocycles. The van der Waals surface area contributed by atoms with Crippen molar-refractivity contribution in [3.63, 3.8) is 0 Å². The number of fused-ring (bicyclic) bond motifs is 2. The first-order chi connectivity index (χ1) is 9.65. The van der Waals surface area contributed by atoms with Crippen LogP contribution in [0.15, 0.2) is 46.3 Å². The van der Waals surface area contributed by atoms with Gasteiger partial charge in [-0.05, 0) is 44.4 Å². The van der Waals surface area contributed by atoms with Crippen LogP contribution in [0.4, 0.5) is 11.5 Å². The van der Waals surface area contributed by atoms with E-state index in [1.807, 2.05) is 24.4 Å². The number of likely N-dealkylation sites (N-methyl/N-ethyl adjacent to an activating group) is 1. The molecule has 3 rings (SSSR count). The molecule has 0 radical (unpaired) electrons. The molecule has 0 N–H and O–H groups in total. The van der Waals surface area contributed by atoms with Crippen LogP contribution in [0.3, 0.4) is 0 Å². The highest BCUT2D eigenvalue weighted by molar-refractivity contribution is 7.99. The summed E-state index contributed by atoms with van der Waals surface area (Å²) < 4.78 is 0. The lowest BCUT2D eigenvalue weighted by Crippen LogP contribution is -2.30. The highest BCUT2D eigenvalue weighted by Crippen LogP contribution is 2.47. The van der Waals surface area contributed by atoms with Gasteiger partial charge in [0.15, 0.2) is 0 Å². The zero-order chi connectivity index (χ0) is 14.1. The molecule has 1 aromatic carbocycles. The van der Waals surface area contributed by atoms with Crippen molar-refractivity contribution < 1.29 is 0 Å². The number of aromatic nitrogens is 1. The quantitative estimate of drug-likeness (QED) is 0.856. The fourth-order valence-electron chi connectivity index (χ4n) is 2.22. The molecule has 1 aliphatic rings. The summed E-state index contributed by atoms with van der Waals surface area (Å²) in [5.41, 5.74) is 1.19. The van der Waals surface area contributed by atoms with Gasteiger partial charge in [-0.15, -0.1) is 0 Å². The normalized spacial score (nSPS) is 13.3. The molecule has 2 heterocycles. The van der Waals surface area contributed by atoms with Crippen LogP contribution < -0.4 is 4.90 Å². The minimum Gasteiger partial charge on any atom is -0.323 e. The van der Waals surface area contributed by atoms with Gasteiger partial charge in [-0.2, -0.15) is 0 Å². The first-order valence-electron chi connectivity index (χ1n) is 6.50. The van der Waals surface area contributed by atoms with E-state index in [0.29, 0.717) is 0 Å². The van der Waals surface area contributed by atoms with Crippen LogP contribution in [0.5, 0.6) is 0 Å². The maximum atomic E-state index is 6.12. The number of benzene rings is 1. The zero-order valence-electron chi connectivity index (χ0n) is 11.5. The molecular weight excluding hydrogens is 290 g/mol. The first-order valence-corrected chi connectivity index (χ1v) is 7.69. The van der Waals surface area contributed by atoms with Crippen molar-refractivity contribution in [1.29, 1.82) is 0 Å². The van der Waals surface area contributed by atoms with Crippen LogP contribution in [-0.2, 0) is 0 Å². The molecule has 0 saturated heterocycles. The third-order valence-electron chi connectivity index (χ3n) is 3.21. The Morgan fingerprint density at radius 1 is 1.25 bits per heavy atom. The SMILES string of the molecule is CN(C)CCN1c2ccc(Cl)cc2Sc2cccnc21. The Morgan fingerprint density at radius 3 is 2.90 bits per heavy atom. The lowest BCUT2D eigenvalue weighted by molar-refractivity contribution is 0.418. The predicted octanol–water partition coefficient (Wildman–Crippen LogP) is 3.90. The van der Waals surface area contributed by atoms with Crippen LogP contribution in [-0.4, -0.2) is 37.1 Å². The molecule has 0 bridgehead atoms. The van der Waals surface area contributed by atoms with E-state index >= 15 is 0 Å². The number of hydrogen-bond donors (Lipinski definition) is 0. The number of pyridine rings is 1. The standard InChI is InChI=1S/C15H16ClN3S/c1-18(2)8-9-19-12-6-5-11(16)10-14(12)20-13-4-3-7-17-15(13)19/h3-7,10H,8-9H2,1-2H3. The van der Waals surface area contributed by atoms with Crippen molar-refractivity contribution in [2.45, 2.75) is 9.79 Å². The molecule has 3 nitrogen and oxygen atoms in total. The Morgan fingerprint density at radius 2 is 2.10 bits per heavy atom. The zero-order valence-corrected chi connectivity index (χ0v) is 13.1. The van der Waals surface area contributed by atoms with Gasteiger partial charge in [0.25, 0.3) is 0 Å². The summed E-state index contributed by atoms with van der Waals surface area (Å²) in [6, 6.07) is 10.1. The summed E-state index contributed by atoms with van der Waals surface area (Å²) in [7, 11) is 4.17. The van der Waals surface area contributed by atoms with Crippen molar-refractivity contribution in [2.24, 2.45) is 0 Å². The van der Waals surface area contributed by atoms with Gasteiger partial charge in [0.1, 0.15) is 5.82 Å². The second-order valence-electron chi connectivity index (χ2n) is 4.99. The van der Waals surface area contributed by atoms with E-state index in [2.05, 4.69) is 41.0 Å². The highest BCUT2D eigenvalue weighted by Gasteiger charge is 2.24. The van der Waals surface area contributed by atoms with Gasteiger partial charge in [-0.1, -0.05) is 23.4 Å². The lowest BCUT2D eigenvalue weighted by atomic mass is 10.2. The van der Waals surface area contributed by atoms with E-state index in [1.165, 1.54) is 15.5 Å². The number of anilines is 2. The fraction of sp³-hybridized carbons (Fsp3) is 0.267. The fourth-order valence-corrected chi connectivity index (χ4v) is 3.56. The molecule has 0 atom stereocenters. The molecule has 0 aliphatic carbocycles. The molecule has 2 aromatic rings. The van der Waals surface area contributed by atoms with Gasteiger partial charge in [-0.25, -0.2) is 4.98 Å². The Hall–Kier alpha value is -1.23. The Bertz CT molecular complexity index is 630. The van der Waals surface area contributed by atoms with E-state index in [4.69, 9.17) is 11.6 Å². The molecule has 0 fully saturated rings. The van der Waals surface area contributed by atoms with Gasteiger partial charge in [0, 0.05) is 29.2 Å². The Balaban J connectivity index is 2.03. The van der Waals surface area contributed by atoms with Gasteiger partial charge >= 0.3 is 0 Å². The Kier molecular flexibility index (Phi) is 3.87. The van der Waals surface area contributed by atoms with E-state index in [9.17, 15) is 0 Å². The van der Waals surface area contributed by atoms with E-state index < -0.39 is 0 Å². The van der Waals surface area contributed by atoms with Crippen LogP contribution in [0, 0.1) is 0 Å². The maximum Gasteiger partial charge on any atom is 0.147 e. The summed E-state index contributed by atoms with van der Waals surface area (Å²) >= 11 is 7.86. The van der Waals surface area contributed by atoms with Gasteiger partial charge in [0.2, 0.25) is 0 Å². The van der Waals surface area contributed by atoms with Crippen molar-refractivity contribution in [1.82, 2.24) is 9.88 Å². The summed E-state index contributed by atoms with van der Waals surface area (Å²) in [5.74, 6) is 1.04. The van der Waals surface area contributed by atoms with Gasteiger partial charge in [-0.3, -0.25) is 0 Å². The largest absolute Gasteiger partial charge is 0.323 e. The number of hydrogen-bond acceptors (Lipinski definition) is 4. The molecule has 5 heteroatoms. The van der Waals surface area contributed by atoms with Crippen LogP contribution >= 0.6 is 23.4 Å². The average molecular weight is 306 g/mol. The average Bonchev–Trinajstić information content (AvgIpc) is 2.43. The molecule has 0 spiro atoms. The smallest absolute Gasteiger partial charge is 0.147 e. The topological polar surface area (TPSA) is 19.4 Å². The van der Waals surface area contributed by atoms with Gasteiger partial charge in [0.05, 0.1) is 10.6 Å². The van der Waals surface area contributed by atoms with Gasteiger partial charge < -0.3 is 9.80 Å². The molecule has 0 unspecified atom stereocenters. The molecule has 104 valence electrons. The summed E-state index contributed by atoms with van der Waals surface area (Å²) in [6.07, 6.45) is 1.85. The van der Waals surface area contributed by atoms with Crippen LogP contribution in [0.25, 0.3) is 0 Å². The van der Waals surface area contributed by atoms with Crippen LogP contribution in [0.2, 0.25) is 5.02 Å². The maximum absolute atomic E-state index is 6.12. The number of halogens is 1. The summed E-state index contributed by atoms with van der Waals surface area (Å²) in [6.45, 7) is 1.88. The van der Waals surface area contributed by atoms with Crippen LogP contribution in [0.1, 0.15) is 0 Å². The minimum absolute atomic E-state index is 0.774. The monoisotopic (exact) mass is 305 g/mol.